The summed E-state index contributed by atoms with van der Waals surface area (Å²) in [6.07, 6.45) is 0.979. The highest BCUT2D eigenvalue weighted by atomic mass is 79.9. The second-order valence-electron chi connectivity index (χ2n) is 4.70. The molecule has 0 radical (unpaired) electrons. The van der Waals surface area contributed by atoms with E-state index in [1.165, 1.54) is 27.1 Å². The molecule has 0 N–H and O–H groups in total. The summed E-state index contributed by atoms with van der Waals surface area (Å²) < 4.78 is 0. The van der Waals surface area contributed by atoms with Crippen molar-refractivity contribution in [1.82, 2.24) is 0 Å². The van der Waals surface area contributed by atoms with Crippen LogP contribution in [0.5, 0.6) is 0 Å². The van der Waals surface area contributed by atoms with Crippen molar-refractivity contribution in [2.75, 3.05) is 0 Å². The van der Waals surface area contributed by atoms with E-state index in [1.807, 2.05) is 0 Å². The number of halogens is 2. The van der Waals surface area contributed by atoms with Gasteiger partial charge in [0.2, 0.25) is 0 Å². The lowest BCUT2D eigenvalue weighted by molar-refractivity contribution is 0.954. The smallest absolute Gasteiger partial charge is 0.0585 e. The van der Waals surface area contributed by atoms with Gasteiger partial charge >= 0.3 is 0 Å². The Morgan fingerprint density at radius 2 is 1.94 bits per heavy atom. The van der Waals surface area contributed by atoms with Crippen LogP contribution in [0.2, 0.25) is 5.02 Å². The monoisotopic (exact) mass is 342 g/mol. The highest BCUT2D eigenvalue weighted by Crippen LogP contribution is 2.39. The van der Waals surface area contributed by atoms with E-state index in [2.05, 4.69) is 60.3 Å². The first-order chi connectivity index (χ1) is 8.49. The van der Waals surface area contributed by atoms with Crippen molar-refractivity contribution in [1.29, 1.82) is 0 Å². The van der Waals surface area contributed by atoms with E-state index in [0.29, 0.717) is 4.83 Å². The van der Waals surface area contributed by atoms with Crippen molar-refractivity contribution in [3.63, 3.8) is 0 Å². The molecule has 0 amide bonds. The van der Waals surface area contributed by atoms with Crippen LogP contribution in [-0.2, 0) is 6.42 Å². The average Bonchev–Trinajstić information content (AvgIpc) is 2.65. The number of hydrogen-bond acceptors (Lipinski definition) is 1. The second kappa shape index (κ2) is 5.77. The predicted octanol–water partition coefficient (Wildman–Crippen LogP) is 6.01. The minimum absolute atomic E-state index is 0.296. The van der Waals surface area contributed by atoms with Crippen LogP contribution in [0.15, 0.2) is 23.6 Å². The van der Waals surface area contributed by atoms with E-state index < -0.39 is 0 Å². The molecule has 0 aliphatic heterocycles. The first kappa shape index (κ1) is 14.1. The van der Waals surface area contributed by atoms with Crippen molar-refractivity contribution < 1.29 is 0 Å². The summed E-state index contributed by atoms with van der Waals surface area (Å²) in [6, 6.07) is 6.61. The molecular formula is C15H16BrClS. The van der Waals surface area contributed by atoms with Crippen LogP contribution >= 0.6 is 38.9 Å². The molecule has 0 spiro atoms. The van der Waals surface area contributed by atoms with Gasteiger partial charge in [0.25, 0.3) is 0 Å². The van der Waals surface area contributed by atoms with Gasteiger partial charge in [0.05, 0.1) is 9.85 Å². The molecule has 2 rings (SSSR count). The fourth-order valence-corrected chi connectivity index (χ4v) is 4.30. The molecule has 1 atom stereocenters. The molecule has 1 heterocycles. The molecule has 96 valence electrons. The Balaban J connectivity index is 2.23. The molecule has 0 fully saturated rings. The molecule has 0 saturated heterocycles. The number of rotatable bonds is 3. The Labute approximate surface area is 126 Å². The summed E-state index contributed by atoms with van der Waals surface area (Å²) in [7, 11) is 0. The van der Waals surface area contributed by atoms with E-state index in [0.717, 1.165) is 11.4 Å². The van der Waals surface area contributed by atoms with Crippen LogP contribution in [0, 0.1) is 20.8 Å². The van der Waals surface area contributed by atoms with Gasteiger partial charge in [0, 0.05) is 4.88 Å². The van der Waals surface area contributed by atoms with Crippen LogP contribution in [0.25, 0.3) is 0 Å². The Kier molecular flexibility index (Phi) is 4.52. The summed E-state index contributed by atoms with van der Waals surface area (Å²) in [4.78, 5) is 1.53. The molecule has 0 aliphatic carbocycles. The van der Waals surface area contributed by atoms with Gasteiger partial charge in [-0.3, -0.25) is 0 Å². The average molecular weight is 344 g/mol. The summed E-state index contributed by atoms with van der Waals surface area (Å²) in [5.74, 6) is 0. The number of benzene rings is 1. The fraction of sp³-hybridized carbons (Fsp3) is 0.333. The van der Waals surface area contributed by atoms with Gasteiger partial charge in [-0.15, -0.1) is 11.3 Å². The van der Waals surface area contributed by atoms with Crippen molar-refractivity contribution in [2.24, 2.45) is 0 Å². The Morgan fingerprint density at radius 1 is 1.22 bits per heavy atom. The highest BCUT2D eigenvalue weighted by Gasteiger charge is 2.16. The molecule has 1 aromatic carbocycles. The third-order valence-electron chi connectivity index (χ3n) is 3.11. The summed E-state index contributed by atoms with van der Waals surface area (Å²) in [6.45, 7) is 6.35. The fourth-order valence-electron chi connectivity index (χ4n) is 1.97. The van der Waals surface area contributed by atoms with E-state index in [9.17, 15) is 0 Å². The molecule has 1 unspecified atom stereocenters. The number of hydrogen-bond donors (Lipinski definition) is 0. The van der Waals surface area contributed by atoms with Gasteiger partial charge < -0.3 is 0 Å². The quantitative estimate of drug-likeness (QED) is 0.599. The van der Waals surface area contributed by atoms with Gasteiger partial charge in [-0.1, -0.05) is 51.3 Å². The number of alkyl halides is 1. The zero-order valence-electron chi connectivity index (χ0n) is 10.8. The predicted molar refractivity (Wildman–Crippen MR) is 85.4 cm³/mol. The number of aryl methyl sites for hydroxylation is 3. The van der Waals surface area contributed by atoms with Crippen molar-refractivity contribution in [3.05, 3.63) is 55.7 Å². The molecule has 0 aliphatic rings. The molecule has 18 heavy (non-hydrogen) atoms. The van der Waals surface area contributed by atoms with Crippen LogP contribution in [0.3, 0.4) is 0 Å². The third-order valence-corrected chi connectivity index (χ3v) is 6.03. The minimum atomic E-state index is 0.296. The molecule has 1 aromatic heterocycles. The molecule has 0 nitrogen and oxygen atoms in total. The van der Waals surface area contributed by atoms with Crippen molar-refractivity contribution in [3.8, 4) is 0 Å². The van der Waals surface area contributed by atoms with Crippen molar-refractivity contribution >= 4 is 38.9 Å². The van der Waals surface area contributed by atoms with Gasteiger partial charge in [0.1, 0.15) is 0 Å². The summed E-state index contributed by atoms with van der Waals surface area (Å²) in [5, 5.41) is 3.03. The van der Waals surface area contributed by atoms with Crippen LogP contribution in [-0.4, -0.2) is 0 Å². The van der Waals surface area contributed by atoms with Gasteiger partial charge in [0.15, 0.2) is 0 Å². The zero-order chi connectivity index (χ0) is 13.3. The molecule has 3 heteroatoms. The molecule has 0 bridgehead atoms. The van der Waals surface area contributed by atoms with E-state index in [-0.39, 0.29) is 0 Å². The maximum atomic E-state index is 6.32. The maximum absolute atomic E-state index is 6.32. The zero-order valence-corrected chi connectivity index (χ0v) is 13.9. The maximum Gasteiger partial charge on any atom is 0.0585 e. The van der Waals surface area contributed by atoms with Crippen LogP contribution in [0.1, 0.15) is 32.0 Å². The van der Waals surface area contributed by atoms with Crippen molar-refractivity contribution in [2.45, 2.75) is 32.0 Å². The van der Waals surface area contributed by atoms with Gasteiger partial charge in [-0.2, -0.15) is 0 Å². The largest absolute Gasteiger partial charge is 0.146 e. The topological polar surface area (TPSA) is 0 Å². The Hall–Kier alpha value is -0.310. The number of thiophene rings is 1. The van der Waals surface area contributed by atoms with Gasteiger partial charge in [-0.25, -0.2) is 0 Å². The normalized spacial score (nSPS) is 12.7. The molecule has 0 saturated carbocycles. The SMILES string of the molecule is Cc1ccc(C)c(CC(Br)c2scc(C)c2Cl)c1. The van der Waals surface area contributed by atoms with E-state index >= 15 is 0 Å². The molecule has 2 aromatic rings. The second-order valence-corrected chi connectivity index (χ2v) is 7.09. The Morgan fingerprint density at radius 3 is 2.56 bits per heavy atom. The highest BCUT2D eigenvalue weighted by molar-refractivity contribution is 9.09. The lowest BCUT2D eigenvalue weighted by Crippen LogP contribution is -1.97. The minimum Gasteiger partial charge on any atom is -0.146 e. The molecular weight excluding hydrogens is 328 g/mol. The Bertz CT molecular complexity index is 560. The first-order valence-electron chi connectivity index (χ1n) is 5.92. The van der Waals surface area contributed by atoms with Gasteiger partial charge in [-0.05, 0) is 49.3 Å². The van der Waals surface area contributed by atoms with Crippen LogP contribution in [0.4, 0.5) is 0 Å². The van der Waals surface area contributed by atoms with E-state index in [4.69, 9.17) is 11.6 Å². The lowest BCUT2D eigenvalue weighted by Gasteiger charge is -2.12. The standard InChI is InChI=1S/C15H16BrClS/c1-9-4-5-10(2)12(6-9)7-13(16)15-14(17)11(3)8-18-15/h4-6,8,13H,7H2,1-3H3. The first-order valence-corrected chi connectivity index (χ1v) is 8.10. The van der Waals surface area contributed by atoms with E-state index in [1.54, 1.807) is 11.3 Å². The third kappa shape index (κ3) is 2.98. The van der Waals surface area contributed by atoms with Crippen LogP contribution < -0.4 is 0 Å². The summed E-state index contributed by atoms with van der Waals surface area (Å²) >= 11 is 11.8. The lowest BCUT2D eigenvalue weighted by atomic mass is 10.0. The summed E-state index contributed by atoms with van der Waals surface area (Å²) in [5.41, 5.74) is 5.21.